The quantitative estimate of drug-likeness (QED) is 0.729. The summed E-state index contributed by atoms with van der Waals surface area (Å²) in [6, 6.07) is 9.59. The van der Waals surface area contributed by atoms with Gasteiger partial charge in [-0.05, 0) is 44.2 Å². The van der Waals surface area contributed by atoms with Crippen LogP contribution in [0.1, 0.15) is 42.7 Å². The molecule has 2 aromatic rings. The Hall–Kier alpha value is -2.45. The second kappa shape index (κ2) is 8.73. The lowest BCUT2D eigenvalue weighted by Gasteiger charge is -2.33. The van der Waals surface area contributed by atoms with Crippen LogP contribution in [0.25, 0.3) is 12.2 Å². The number of aryl methyl sites for hydroxylation is 1. The van der Waals surface area contributed by atoms with Crippen molar-refractivity contribution in [3.63, 3.8) is 0 Å². The third-order valence-corrected chi connectivity index (χ3v) is 7.83. The maximum Gasteiger partial charge on any atom is 0.248 e. The molecule has 2 saturated heterocycles. The van der Waals surface area contributed by atoms with E-state index in [9.17, 15) is 13.2 Å². The van der Waals surface area contributed by atoms with Gasteiger partial charge in [-0.15, -0.1) is 0 Å². The summed E-state index contributed by atoms with van der Waals surface area (Å²) in [5.41, 5.74) is 1.26. The minimum absolute atomic E-state index is 0.0821. The first-order valence-electron chi connectivity index (χ1n) is 10.4. The summed E-state index contributed by atoms with van der Waals surface area (Å²) in [6.45, 7) is 3.80. The molecule has 0 aliphatic carbocycles. The van der Waals surface area contributed by atoms with Crippen molar-refractivity contribution in [2.75, 3.05) is 26.2 Å². The van der Waals surface area contributed by atoms with Gasteiger partial charge in [0.1, 0.15) is 5.69 Å². The van der Waals surface area contributed by atoms with Crippen LogP contribution < -0.4 is 0 Å². The SMILES string of the molecule is Cc1noc(/C=C/c2ccccc2)c1S(=O)(=O)N1CCC[C@H](C(=O)N2CCCC2)C1. The highest BCUT2D eigenvalue weighted by atomic mass is 32.2. The van der Waals surface area contributed by atoms with Crippen molar-refractivity contribution in [1.29, 1.82) is 0 Å². The average molecular weight is 430 g/mol. The van der Waals surface area contributed by atoms with Gasteiger partial charge in [-0.25, -0.2) is 8.42 Å². The summed E-state index contributed by atoms with van der Waals surface area (Å²) in [7, 11) is -3.82. The number of benzene rings is 1. The molecular formula is C22H27N3O4S. The second-order valence-corrected chi connectivity index (χ2v) is 9.81. The van der Waals surface area contributed by atoms with Gasteiger partial charge in [0.15, 0.2) is 10.7 Å². The van der Waals surface area contributed by atoms with E-state index in [-0.39, 0.29) is 29.0 Å². The molecule has 4 rings (SSSR count). The van der Waals surface area contributed by atoms with E-state index in [0.29, 0.717) is 18.7 Å². The van der Waals surface area contributed by atoms with Crippen LogP contribution in [-0.2, 0) is 14.8 Å². The van der Waals surface area contributed by atoms with Gasteiger partial charge < -0.3 is 9.42 Å². The highest BCUT2D eigenvalue weighted by Crippen LogP contribution is 2.30. The maximum atomic E-state index is 13.5. The van der Waals surface area contributed by atoms with Crippen LogP contribution in [0, 0.1) is 12.8 Å². The Balaban J connectivity index is 1.56. The van der Waals surface area contributed by atoms with Crippen molar-refractivity contribution < 1.29 is 17.7 Å². The highest BCUT2D eigenvalue weighted by molar-refractivity contribution is 7.89. The molecule has 0 bridgehead atoms. The molecule has 8 heteroatoms. The normalized spacial score (nSPS) is 20.8. The Morgan fingerprint density at radius 2 is 1.83 bits per heavy atom. The van der Waals surface area contributed by atoms with Crippen molar-refractivity contribution in [1.82, 2.24) is 14.4 Å². The predicted molar refractivity (Wildman–Crippen MR) is 114 cm³/mol. The van der Waals surface area contributed by atoms with Gasteiger partial charge in [-0.2, -0.15) is 4.31 Å². The zero-order valence-electron chi connectivity index (χ0n) is 17.2. The molecular weight excluding hydrogens is 402 g/mol. The van der Waals surface area contributed by atoms with Gasteiger partial charge in [0.25, 0.3) is 0 Å². The molecule has 0 saturated carbocycles. The number of nitrogens with zero attached hydrogens (tertiary/aromatic N) is 3. The van der Waals surface area contributed by atoms with Crippen molar-refractivity contribution in [2.45, 2.75) is 37.5 Å². The molecule has 1 atom stereocenters. The van der Waals surface area contributed by atoms with Crippen LogP contribution in [0.5, 0.6) is 0 Å². The molecule has 1 amide bonds. The maximum absolute atomic E-state index is 13.5. The molecule has 0 radical (unpaired) electrons. The molecule has 1 aromatic heterocycles. The third kappa shape index (κ3) is 4.20. The summed E-state index contributed by atoms with van der Waals surface area (Å²) >= 11 is 0. The fraction of sp³-hybridized carbons (Fsp3) is 0.455. The van der Waals surface area contributed by atoms with Crippen LogP contribution in [0.2, 0.25) is 0 Å². The first kappa shape index (κ1) is 20.8. The molecule has 3 heterocycles. The fourth-order valence-corrected chi connectivity index (χ4v) is 6.00. The summed E-state index contributed by atoms with van der Waals surface area (Å²) in [4.78, 5) is 14.8. The van der Waals surface area contributed by atoms with Crippen LogP contribution in [0.15, 0.2) is 39.8 Å². The predicted octanol–water partition coefficient (Wildman–Crippen LogP) is 3.18. The molecule has 7 nitrogen and oxygen atoms in total. The van der Waals surface area contributed by atoms with Crippen LogP contribution >= 0.6 is 0 Å². The number of piperidine rings is 1. The summed E-state index contributed by atoms with van der Waals surface area (Å²) in [5.74, 6) is 0.0121. The summed E-state index contributed by atoms with van der Waals surface area (Å²) in [6.07, 6.45) is 6.89. The van der Waals surface area contributed by atoms with Crippen LogP contribution in [0.3, 0.4) is 0 Å². The lowest BCUT2D eigenvalue weighted by atomic mass is 9.98. The Morgan fingerprint density at radius 1 is 1.10 bits per heavy atom. The molecule has 30 heavy (non-hydrogen) atoms. The second-order valence-electron chi connectivity index (χ2n) is 7.94. The van der Waals surface area contributed by atoms with Gasteiger partial charge >= 0.3 is 0 Å². The van der Waals surface area contributed by atoms with E-state index in [0.717, 1.165) is 37.9 Å². The largest absolute Gasteiger partial charge is 0.355 e. The third-order valence-electron chi connectivity index (χ3n) is 5.81. The molecule has 1 aromatic carbocycles. The minimum atomic E-state index is -3.82. The molecule has 0 unspecified atom stereocenters. The Bertz CT molecular complexity index is 1020. The van der Waals surface area contributed by atoms with Gasteiger partial charge in [0.05, 0.1) is 5.92 Å². The molecule has 2 aliphatic heterocycles. The lowest BCUT2D eigenvalue weighted by molar-refractivity contribution is -0.135. The van der Waals surface area contributed by atoms with Crippen LogP contribution in [0.4, 0.5) is 0 Å². The molecule has 2 fully saturated rings. The van der Waals surface area contributed by atoms with E-state index in [1.807, 2.05) is 35.2 Å². The Kier molecular flexibility index (Phi) is 6.06. The lowest BCUT2D eigenvalue weighted by Crippen LogP contribution is -2.46. The molecule has 0 spiro atoms. The number of likely N-dealkylation sites (tertiary alicyclic amines) is 1. The number of carbonyl (C=O) groups excluding carboxylic acids is 1. The van der Waals surface area contributed by atoms with Gasteiger partial charge in [0, 0.05) is 26.2 Å². The monoisotopic (exact) mass is 429 g/mol. The van der Waals surface area contributed by atoms with Crippen LogP contribution in [-0.4, -0.2) is 54.9 Å². The van der Waals surface area contributed by atoms with Crippen molar-refractivity contribution in [2.24, 2.45) is 5.92 Å². The number of hydrogen-bond donors (Lipinski definition) is 0. The van der Waals surface area contributed by atoms with E-state index in [1.54, 1.807) is 19.1 Å². The molecule has 0 N–H and O–H groups in total. The zero-order valence-corrected chi connectivity index (χ0v) is 18.0. The number of sulfonamides is 1. The summed E-state index contributed by atoms with van der Waals surface area (Å²) in [5, 5.41) is 3.90. The molecule has 160 valence electrons. The number of hydrogen-bond acceptors (Lipinski definition) is 5. The average Bonchev–Trinajstić information content (AvgIpc) is 3.43. The standard InChI is InChI=1S/C22H27N3O4S/c1-17-21(20(29-23-17)12-11-18-8-3-2-4-9-18)30(27,28)25-15-7-10-19(16-25)22(26)24-13-5-6-14-24/h2-4,8-9,11-12,19H,5-7,10,13-16H2,1H3/b12-11+/t19-/m0/s1. The highest BCUT2D eigenvalue weighted by Gasteiger charge is 2.38. The number of carbonyl (C=O) groups is 1. The van der Waals surface area contributed by atoms with E-state index >= 15 is 0 Å². The fourth-order valence-electron chi connectivity index (χ4n) is 4.22. The van der Waals surface area contributed by atoms with Gasteiger partial charge in [-0.1, -0.05) is 41.6 Å². The van der Waals surface area contributed by atoms with Gasteiger partial charge in [0.2, 0.25) is 15.9 Å². The van der Waals surface area contributed by atoms with Crippen molar-refractivity contribution in [3.05, 3.63) is 47.3 Å². The van der Waals surface area contributed by atoms with E-state index in [4.69, 9.17) is 4.52 Å². The van der Waals surface area contributed by atoms with E-state index in [2.05, 4.69) is 5.16 Å². The van der Waals surface area contributed by atoms with Crippen molar-refractivity contribution >= 4 is 28.1 Å². The Morgan fingerprint density at radius 3 is 2.57 bits per heavy atom. The number of amides is 1. The first-order chi connectivity index (χ1) is 14.5. The van der Waals surface area contributed by atoms with E-state index in [1.165, 1.54) is 4.31 Å². The number of aromatic nitrogens is 1. The molecule has 2 aliphatic rings. The van der Waals surface area contributed by atoms with Gasteiger partial charge in [-0.3, -0.25) is 4.79 Å². The Labute approximate surface area is 177 Å². The first-order valence-corrected chi connectivity index (χ1v) is 11.9. The van der Waals surface area contributed by atoms with Crippen molar-refractivity contribution in [3.8, 4) is 0 Å². The summed E-state index contributed by atoms with van der Waals surface area (Å²) < 4.78 is 33.7. The topological polar surface area (TPSA) is 83.7 Å². The number of rotatable bonds is 5. The van der Waals surface area contributed by atoms with E-state index < -0.39 is 10.0 Å². The minimum Gasteiger partial charge on any atom is -0.355 e. The zero-order chi connectivity index (χ0) is 21.1. The smallest absolute Gasteiger partial charge is 0.248 e.